The molecule has 0 aromatic heterocycles. The largest absolute Gasteiger partial charge is 0.494 e. The summed E-state index contributed by atoms with van der Waals surface area (Å²) in [5.74, 6) is 0.999. The summed E-state index contributed by atoms with van der Waals surface area (Å²) < 4.78 is 5.73. The van der Waals surface area contributed by atoms with Gasteiger partial charge in [-0.3, -0.25) is 0 Å². The molecule has 0 atom stereocenters. The van der Waals surface area contributed by atoms with Gasteiger partial charge in [-0.1, -0.05) is 45.7 Å². The van der Waals surface area contributed by atoms with Gasteiger partial charge < -0.3 is 10.1 Å². The van der Waals surface area contributed by atoms with Crippen LogP contribution in [0.25, 0.3) is 0 Å². The van der Waals surface area contributed by atoms with Gasteiger partial charge in [0.2, 0.25) is 0 Å². The molecule has 19 heavy (non-hydrogen) atoms. The van der Waals surface area contributed by atoms with Crippen LogP contribution in [0.4, 0.5) is 0 Å². The van der Waals surface area contributed by atoms with Crippen molar-refractivity contribution >= 4 is 0 Å². The average Bonchev–Trinajstić information content (AvgIpc) is 2.42. The Balaban J connectivity index is 1.98. The third-order valence-corrected chi connectivity index (χ3v) is 3.22. The molecule has 1 aromatic rings. The van der Waals surface area contributed by atoms with Crippen molar-refractivity contribution < 1.29 is 4.74 Å². The second-order valence-corrected chi connectivity index (χ2v) is 5.37. The van der Waals surface area contributed by atoms with E-state index in [1.54, 1.807) is 0 Å². The number of rotatable bonds is 10. The van der Waals surface area contributed by atoms with Gasteiger partial charge >= 0.3 is 0 Å². The molecule has 0 fully saturated rings. The maximum absolute atomic E-state index is 5.73. The Kier molecular flexibility index (Phi) is 8.31. The van der Waals surface area contributed by atoms with Crippen LogP contribution < -0.4 is 10.1 Å². The molecule has 2 heteroatoms. The predicted molar refractivity (Wildman–Crippen MR) is 82.9 cm³/mol. The monoisotopic (exact) mass is 263 g/mol. The number of ether oxygens (including phenoxy) is 1. The molecule has 2 nitrogen and oxygen atoms in total. The fourth-order valence-electron chi connectivity index (χ4n) is 1.98. The summed E-state index contributed by atoms with van der Waals surface area (Å²) >= 11 is 0. The van der Waals surface area contributed by atoms with Gasteiger partial charge in [0.1, 0.15) is 5.75 Å². The van der Waals surface area contributed by atoms with Gasteiger partial charge in [0.15, 0.2) is 0 Å². The lowest BCUT2D eigenvalue weighted by atomic mass is 10.2. The van der Waals surface area contributed by atoms with Crippen molar-refractivity contribution in [2.24, 2.45) is 0 Å². The SMILES string of the molecule is CCc1ccc(OCCCCCCNC(C)C)cc1. The van der Waals surface area contributed by atoms with E-state index in [-0.39, 0.29) is 0 Å². The predicted octanol–water partition coefficient (Wildman–Crippen LogP) is 4.19. The lowest BCUT2D eigenvalue weighted by molar-refractivity contribution is 0.304. The Hall–Kier alpha value is -1.02. The van der Waals surface area contributed by atoms with E-state index < -0.39 is 0 Å². The van der Waals surface area contributed by atoms with Crippen LogP contribution in [0.15, 0.2) is 24.3 Å². The molecule has 0 radical (unpaired) electrons. The third-order valence-electron chi connectivity index (χ3n) is 3.22. The number of nitrogens with one attached hydrogen (secondary N) is 1. The molecule has 0 unspecified atom stereocenters. The van der Waals surface area contributed by atoms with Crippen LogP contribution >= 0.6 is 0 Å². The first-order chi connectivity index (χ1) is 9.22. The van der Waals surface area contributed by atoms with Crippen LogP contribution in [0.1, 0.15) is 52.0 Å². The number of hydrogen-bond donors (Lipinski definition) is 1. The van der Waals surface area contributed by atoms with Crippen molar-refractivity contribution in [3.8, 4) is 5.75 Å². The molecule has 108 valence electrons. The Labute approximate surface area is 118 Å². The minimum atomic E-state index is 0.606. The lowest BCUT2D eigenvalue weighted by Gasteiger charge is -2.08. The van der Waals surface area contributed by atoms with Gasteiger partial charge in [-0.2, -0.15) is 0 Å². The summed E-state index contributed by atoms with van der Waals surface area (Å²) in [7, 11) is 0. The highest BCUT2D eigenvalue weighted by molar-refractivity contribution is 5.27. The van der Waals surface area contributed by atoms with E-state index in [1.807, 2.05) is 0 Å². The number of benzene rings is 1. The average molecular weight is 263 g/mol. The van der Waals surface area contributed by atoms with E-state index in [4.69, 9.17) is 4.74 Å². The van der Waals surface area contributed by atoms with Crippen LogP contribution in [0.5, 0.6) is 5.75 Å². The number of hydrogen-bond acceptors (Lipinski definition) is 2. The van der Waals surface area contributed by atoms with Crippen LogP contribution in [0.3, 0.4) is 0 Å². The Bertz CT molecular complexity index is 319. The van der Waals surface area contributed by atoms with Gasteiger partial charge in [-0.25, -0.2) is 0 Å². The summed E-state index contributed by atoms with van der Waals surface area (Å²) in [5.41, 5.74) is 1.37. The maximum atomic E-state index is 5.73. The minimum Gasteiger partial charge on any atom is -0.494 e. The molecule has 0 spiro atoms. The molecular formula is C17H29NO. The van der Waals surface area contributed by atoms with Crippen molar-refractivity contribution in [1.82, 2.24) is 5.32 Å². The molecule has 1 rings (SSSR count). The molecule has 0 amide bonds. The zero-order chi connectivity index (χ0) is 13.9. The van der Waals surface area contributed by atoms with Gasteiger partial charge in [-0.15, -0.1) is 0 Å². The zero-order valence-electron chi connectivity index (χ0n) is 12.7. The summed E-state index contributed by atoms with van der Waals surface area (Å²) in [6, 6.07) is 9.05. The molecule has 0 aliphatic heterocycles. The highest BCUT2D eigenvalue weighted by Gasteiger charge is 1.96. The Morgan fingerprint density at radius 3 is 2.32 bits per heavy atom. The zero-order valence-corrected chi connectivity index (χ0v) is 12.7. The number of aryl methyl sites for hydroxylation is 1. The van der Waals surface area contributed by atoms with E-state index >= 15 is 0 Å². The smallest absolute Gasteiger partial charge is 0.119 e. The summed E-state index contributed by atoms with van der Waals surface area (Å²) in [6.07, 6.45) is 6.05. The molecule has 1 N–H and O–H groups in total. The molecule has 0 heterocycles. The minimum absolute atomic E-state index is 0.606. The lowest BCUT2D eigenvalue weighted by Crippen LogP contribution is -2.23. The maximum Gasteiger partial charge on any atom is 0.119 e. The summed E-state index contributed by atoms with van der Waals surface area (Å²) in [5, 5.41) is 3.44. The normalized spacial score (nSPS) is 10.9. The van der Waals surface area contributed by atoms with Crippen molar-refractivity contribution in [3.63, 3.8) is 0 Å². The second-order valence-electron chi connectivity index (χ2n) is 5.37. The van der Waals surface area contributed by atoms with Crippen LogP contribution in [-0.4, -0.2) is 19.2 Å². The van der Waals surface area contributed by atoms with Gasteiger partial charge in [-0.05, 0) is 43.5 Å². The first kappa shape index (κ1) is 16.0. The van der Waals surface area contributed by atoms with Crippen molar-refractivity contribution in [1.29, 1.82) is 0 Å². The fourth-order valence-corrected chi connectivity index (χ4v) is 1.98. The molecule has 0 saturated heterocycles. The first-order valence-corrected chi connectivity index (χ1v) is 7.67. The van der Waals surface area contributed by atoms with Gasteiger partial charge in [0.05, 0.1) is 6.61 Å². The van der Waals surface area contributed by atoms with E-state index in [1.165, 1.54) is 24.8 Å². The highest BCUT2D eigenvalue weighted by Crippen LogP contribution is 2.13. The molecule has 0 aliphatic carbocycles. The van der Waals surface area contributed by atoms with Crippen molar-refractivity contribution in [2.45, 2.75) is 58.9 Å². The molecule has 0 bridgehead atoms. The molecule has 1 aromatic carbocycles. The van der Waals surface area contributed by atoms with Gasteiger partial charge in [0, 0.05) is 6.04 Å². The van der Waals surface area contributed by atoms with Crippen molar-refractivity contribution in [3.05, 3.63) is 29.8 Å². The molecular weight excluding hydrogens is 234 g/mol. The fraction of sp³-hybridized carbons (Fsp3) is 0.647. The summed E-state index contributed by atoms with van der Waals surface area (Å²) in [4.78, 5) is 0. The molecule has 0 aliphatic rings. The van der Waals surface area contributed by atoms with Gasteiger partial charge in [0.25, 0.3) is 0 Å². The second kappa shape index (κ2) is 9.85. The standard InChI is InChI=1S/C17H29NO/c1-4-16-9-11-17(12-10-16)19-14-8-6-5-7-13-18-15(2)3/h9-12,15,18H,4-8,13-14H2,1-3H3. The van der Waals surface area contributed by atoms with E-state index in [9.17, 15) is 0 Å². The first-order valence-electron chi connectivity index (χ1n) is 7.67. The van der Waals surface area contributed by atoms with Crippen LogP contribution in [0, 0.1) is 0 Å². The van der Waals surface area contributed by atoms with E-state index in [0.29, 0.717) is 6.04 Å². The highest BCUT2D eigenvalue weighted by atomic mass is 16.5. The summed E-state index contributed by atoms with van der Waals surface area (Å²) in [6.45, 7) is 8.53. The number of unbranched alkanes of at least 4 members (excludes halogenated alkanes) is 3. The van der Waals surface area contributed by atoms with Crippen LogP contribution in [-0.2, 0) is 6.42 Å². The van der Waals surface area contributed by atoms with E-state index in [0.717, 1.165) is 31.7 Å². The van der Waals surface area contributed by atoms with Crippen LogP contribution in [0.2, 0.25) is 0 Å². The quantitative estimate of drug-likeness (QED) is 0.639. The van der Waals surface area contributed by atoms with E-state index in [2.05, 4.69) is 50.4 Å². The Morgan fingerprint density at radius 1 is 1.00 bits per heavy atom. The third kappa shape index (κ3) is 7.89. The Morgan fingerprint density at radius 2 is 1.68 bits per heavy atom. The van der Waals surface area contributed by atoms with Crippen molar-refractivity contribution in [2.75, 3.05) is 13.2 Å². The topological polar surface area (TPSA) is 21.3 Å². The molecule has 0 saturated carbocycles.